The first-order valence-corrected chi connectivity index (χ1v) is 7.97. The molecule has 1 aromatic heterocycles. The summed E-state index contributed by atoms with van der Waals surface area (Å²) >= 11 is 5.87. The Morgan fingerprint density at radius 3 is 2.68 bits per heavy atom. The standard InChI is InChI=1S/C19H16ClNO4/c1-12-3-8-16(23-2)15(9-12)19(22)24-11-18-21-10-17(25-18)13-4-6-14(20)7-5-13/h3-10H,11H2,1-2H3. The number of aryl methyl sites for hydroxylation is 1. The van der Waals surface area contributed by atoms with Crippen LogP contribution in [0.4, 0.5) is 0 Å². The van der Waals surface area contributed by atoms with Crippen LogP contribution in [0.2, 0.25) is 5.02 Å². The number of carbonyl (C=O) groups excluding carboxylic acids is 1. The molecule has 0 saturated heterocycles. The smallest absolute Gasteiger partial charge is 0.342 e. The third-order valence-corrected chi connectivity index (χ3v) is 3.84. The van der Waals surface area contributed by atoms with Gasteiger partial charge in [0.2, 0.25) is 5.89 Å². The van der Waals surface area contributed by atoms with Crippen LogP contribution in [0.5, 0.6) is 5.75 Å². The van der Waals surface area contributed by atoms with Crippen molar-refractivity contribution >= 4 is 17.6 Å². The molecule has 0 unspecified atom stereocenters. The van der Waals surface area contributed by atoms with E-state index >= 15 is 0 Å². The molecule has 1 heterocycles. The van der Waals surface area contributed by atoms with Crippen molar-refractivity contribution in [3.63, 3.8) is 0 Å². The number of nitrogens with zero attached hydrogens (tertiary/aromatic N) is 1. The van der Waals surface area contributed by atoms with Gasteiger partial charge in [0.25, 0.3) is 0 Å². The number of hydrogen-bond acceptors (Lipinski definition) is 5. The van der Waals surface area contributed by atoms with Crippen LogP contribution in [-0.2, 0) is 11.3 Å². The Morgan fingerprint density at radius 1 is 1.20 bits per heavy atom. The topological polar surface area (TPSA) is 61.6 Å². The van der Waals surface area contributed by atoms with Gasteiger partial charge in [0.1, 0.15) is 11.3 Å². The summed E-state index contributed by atoms with van der Waals surface area (Å²) in [7, 11) is 1.51. The highest BCUT2D eigenvalue weighted by atomic mass is 35.5. The molecular weight excluding hydrogens is 342 g/mol. The highest BCUT2D eigenvalue weighted by molar-refractivity contribution is 6.30. The van der Waals surface area contributed by atoms with Gasteiger partial charge in [0.15, 0.2) is 12.4 Å². The van der Waals surface area contributed by atoms with Gasteiger partial charge in [-0.05, 0) is 43.3 Å². The fraction of sp³-hybridized carbons (Fsp3) is 0.158. The molecule has 0 atom stereocenters. The van der Waals surface area contributed by atoms with Gasteiger partial charge in [-0.1, -0.05) is 23.2 Å². The number of benzene rings is 2. The number of esters is 1. The molecule has 0 aliphatic carbocycles. The second kappa shape index (κ2) is 7.40. The minimum absolute atomic E-state index is 0.0660. The Balaban J connectivity index is 1.69. The normalized spacial score (nSPS) is 10.5. The minimum Gasteiger partial charge on any atom is -0.496 e. The van der Waals surface area contributed by atoms with E-state index in [1.807, 2.05) is 25.1 Å². The van der Waals surface area contributed by atoms with Crippen LogP contribution in [0.25, 0.3) is 11.3 Å². The monoisotopic (exact) mass is 357 g/mol. The van der Waals surface area contributed by atoms with Crippen molar-refractivity contribution in [2.24, 2.45) is 0 Å². The average molecular weight is 358 g/mol. The van der Waals surface area contributed by atoms with Crippen molar-refractivity contribution in [2.45, 2.75) is 13.5 Å². The SMILES string of the molecule is COc1ccc(C)cc1C(=O)OCc1ncc(-c2ccc(Cl)cc2)o1. The molecule has 6 heteroatoms. The molecule has 3 rings (SSSR count). The van der Waals surface area contributed by atoms with Gasteiger partial charge in [-0.2, -0.15) is 0 Å². The van der Waals surface area contributed by atoms with Crippen LogP contribution in [0.1, 0.15) is 21.8 Å². The third kappa shape index (κ3) is 4.00. The second-order valence-corrected chi connectivity index (χ2v) is 5.84. The first-order chi connectivity index (χ1) is 12.1. The summed E-state index contributed by atoms with van der Waals surface area (Å²) in [5.74, 6) is 0.859. The maximum Gasteiger partial charge on any atom is 0.342 e. The molecule has 25 heavy (non-hydrogen) atoms. The van der Waals surface area contributed by atoms with Crippen LogP contribution in [0, 0.1) is 6.92 Å². The Bertz CT molecular complexity index is 887. The summed E-state index contributed by atoms with van der Waals surface area (Å²) in [4.78, 5) is 16.4. The molecule has 0 aliphatic heterocycles. The van der Waals surface area contributed by atoms with E-state index in [0.717, 1.165) is 11.1 Å². The summed E-state index contributed by atoms with van der Waals surface area (Å²) < 4.78 is 16.1. The maximum absolute atomic E-state index is 12.3. The fourth-order valence-electron chi connectivity index (χ4n) is 2.31. The lowest BCUT2D eigenvalue weighted by Crippen LogP contribution is -2.07. The molecule has 0 fully saturated rings. The van der Waals surface area contributed by atoms with Gasteiger partial charge in [-0.3, -0.25) is 0 Å². The van der Waals surface area contributed by atoms with Crippen LogP contribution in [0.15, 0.2) is 53.1 Å². The zero-order valence-electron chi connectivity index (χ0n) is 13.8. The molecule has 0 saturated carbocycles. The predicted molar refractivity (Wildman–Crippen MR) is 93.8 cm³/mol. The number of hydrogen-bond donors (Lipinski definition) is 0. The maximum atomic E-state index is 12.3. The highest BCUT2D eigenvalue weighted by Gasteiger charge is 2.15. The number of rotatable bonds is 5. The molecule has 128 valence electrons. The summed E-state index contributed by atoms with van der Waals surface area (Å²) in [6.45, 7) is 1.83. The number of aromatic nitrogens is 1. The first-order valence-electron chi connectivity index (χ1n) is 7.59. The van der Waals surface area contributed by atoms with E-state index in [2.05, 4.69) is 4.98 Å². The molecule has 2 aromatic carbocycles. The highest BCUT2D eigenvalue weighted by Crippen LogP contribution is 2.24. The first kappa shape index (κ1) is 17.0. The van der Waals surface area contributed by atoms with Gasteiger partial charge in [0, 0.05) is 10.6 Å². The molecule has 0 amide bonds. The summed E-state index contributed by atoms with van der Waals surface area (Å²) in [6.07, 6.45) is 1.58. The second-order valence-electron chi connectivity index (χ2n) is 5.41. The van der Waals surface area contributed by atoms with Crippen molar-refractivity contribution < 1.29 is 18.7 Å². The molecule has 0 N–H and O–H groups in total. The van der Waals surface area contributed by atoms with Crippen LogP contribution < -0.4 is 4.74 Å². The molecule has 0 spiro atoms. The number of oxazole rings is 1. The van der Waals surface area contributed by atoms with Crippen molar-refractivity contribution in [3.05, 3.63) is 70.7 Å². The van der Waals surface area contributed by atoms with Gasteiger partial charge < -0.3 is 13.9 Å². The van der Waals surface area contributed by atoms with E-state index < -0.39 is 5.97 Å². The van der Waals surface area contributed by atoms with E-state index in [0.29, 0.717) is 28.0 Å². The largest absolute Gasteiger partial charge is 0.496 e. The van der Waals surface area contributed by atoms with Gasteiger partial charge >= 0.3 is 5.97 Å². The fourth-order valence-corrected chi connectivity index (χ4v) is 2.44. The van der Waals surface area contributed by atoms with Crippen LogP contribution in [-0.4, -0.2) is 18.1 Å². The van der Waals surface area contributed by atoms with Crippen LogP contribution >= 0.6 is 11.6 Å². The van der Waals surface area contributed by atoms with E-state index in [1.54, 1.807) is 30.5 Å². The minimum atomic E-state index is -0.494. The zero-order valence-corrected chi connectivity index (χ0v) is 14.5. The third-order valence-electron chi connectivity index (χ3n) is 3.58. The van der Waals surface area contributed by atoms with Crippen molar-refractivity contribution in [3.8, 4) is 17.1 Å². The Hall–Kier alpha value is -2.79. The molecule has 3 aromatic rings. The summed E-state index contributed by atoms with van der Waals surface area (Å²) in [6, 6.07) is 12.5. The Kier molecular flexibility index (Phi) is 5.05. The molecule has 5 nitrogen and oxygen atoms in total. The number of carbonyl (C=O) groups is 1. The average Bonchev–Trinajstić information content (AvgIpc) is 3.09. The number of halogens is 1. The molecule has 0 aliphatic rings. The number of methoxy groups -OCH3 is 1. The Labute approximate surface area is 150 Å². The van der Waals surface area contributed by atoms with Gasteiger partial charge in [-0.25, -0.2) is 9.78 Å². The Morgan fingerprint density at radius 2 is 1.96 bits per heavy atom. The zero-order chi connectivity index (χ0) is 17.8. The predicted octanol–water partition coefficient (Wildman–Crippen LogP) is 4.67. The van der Waals surface area contributed by atoms with E-state index in [9.17, 15) is 4.79 Å². The lowest BCUT2D eigenvalue weighted by atomic mass is 10.1. The molecule has 0 radical (unpaired) electrons. The van der Waals surface area contributed by atoms with E-state index in [1.165, 1.54) is 7.11 Å². The lowest BCUT2D eigenvalue weighted by Gasteiger charge is -2.08. The molecular formula is C19H16ClNO4. The quantitative estimate of drug-likeness (QED) is 0.621. The van der Waals surface area contributed by atoms with Crippen molar-refractivity contribution in [2.75, 3.05) is 7.11 Å². The van der Waals surface area contributed by atoms with Gasteiger partial charge in [0.05, 0.1) is 13.3 Å². The van der Waals surface area contributed by atoms with E-state index in [4.69, 9.17) is 25.5 Å². The van der Waals surface area contributed by atoms with Crippen LogP contribution in [0.3, 0.4) is 0 Å². The molecule has 0 bridgehead atoms. The summed E-state index contributed by atoms with van der Waals surface area (Å²) in [5, 5.41) is 0.643. The van der Waals surface area contributed by atoms with Crippen molar-refractivity contribution in [1.82, 2.24) is 4.98 Å². The number of ether oxygens (including phenoxy) is 2. The van der Waals surface area contributed by atoms with Crippen molar-refractivity contribution in [1.29, 1.82) is 0 Å². The van der Waals surface area contributed by atoms with Gasteiger partial charge in [-0.15, -0.1) is 0 Å². The van der Waals surface area contributed by atoms with E-state index in [-0.39, 0.29) is 6.61 Å². The lowest BCUT2D eigenvalue weighted by molar-refractivity contribution is 0.0435. The summed E-state index contributed by atoms with van der Waals surface area (Å²) in [5.41, 5.74) is 2.15.